The predicted molar refractivity (Wildman–Crippen MR) is 116 cm³/mol. The van der Waals surface area contributed by atoms with Crippen molar-refractivity contribution in [1.29, 1.82) is 0 Å². The van der Waals surface area contributed by atoms with Gasteiger partial charge in [0.05, 0.1) is 5.39 Å². The van der Waals surface area contributed by atoms with Crippen LogP contribution in [0.3, 0.4) is 0 Å². The monoisotopic (exact) mass is 390 g/mol. The molecule has 2 heterocycles. The number of benzene rings is 2. The van der Waals surface area contributed by atoms with Gasteiger partial charge >= 0.3 is 0 Å². The number of para-hydroxylation sites is 1. The molecular formula is C24H26N2O3. The van der Waals surface area contributed by atoms with Gasteiger partial charge in [-0.15, -0.1) is 0 Å². The molecule has 29 heavy (non-hydrogen) atoms. The maximum Gasteiger partial charge on any atom is 0.289 e. The maximum atomic E-state index is 13.0. The molecule has 1 aromatic heterocycles. The first kappa shape index (κ1) is 19.2. The average molecular weight is 390 g/mol. The van der Waals surface area contributed by atoms with Crippen LogP contribution in [0.4, 0.5) is 5.69 Å². The molecule has 0 N–H and O–H groups in total. The first-order valence-electron chi connectivity index (χ1n) is 10.2. The molecule has 2 aromatic carbocycles. The van der Waals surface area contributed by atoms with Crippen LogP contribution in [0, 0.1) is 6.92 Å². The van der Waals surface area contributed by atoms with E-state index in [-0.39, 0.29) is 17.1 Å². The minimum atomic E-state index is -0.293. The molecule has 5 nitrogen and oxygen atoms in total. The number of hydrogen-bond donors (Lipinski definition) is 0. The van der Waals surface area contributed by atoms with E-state index in [1.54, 1.807) is 24.1 Å². The Hall–Kier alpha value is -3.08. The number of rotatable bonds is 4. The zero-order valence-electron chi connectivity index (χ0n) is 17.0. The van der Waals surface area contributed by atoms with E-state index in [1.165, 1.54) is 31.0 Å². The molecule has 1 fully saturated rings. The van der Waals surface area contributed by atoms with Gasteiger partial charge in [0.25, 0.3) is 5.91 Å². The third-order valence-corrected chi connectivity index (χ3v) is 5.54. The van der Waals surface area contributed by atoms with Crippen molar-refractivity contribution in [2.75, 3.05) is 25.0 Å². The summed E-state index contributed by atoms with van der Waals surface area (Å²) in [6, 6.07) is 14.9. The summed E-state index contributed by atoms with van der Waals surface area (Å²) in [7, 11) is 1.74. The van der Waals surface area contributed by atoms with Crippen LogP contribution in [0.25, 0.3) is 11.0 Å². The Bertz CT molecular complexity index is 1100. The lowest BCUT2D eigenvalue weighted by Crippen LogP contribution is -2.32. The Labute approximate surface area is 170 Å². The number of amides is 1. The van der Waals surface area contributed by atoms with Crippen LogP contribution in [-0.4, -0.2) is 30.9 Å². The van der Waals surface area contributed by atoms with E-state index in [1.807, 2.05) is 25.1 Å². The molecule has 3 aromatic rings. The van der Waals surface area contributed by atoms with Crippen LogP contribution < -0.4 is 10.3 Å². The van der Waals surface area contributed by atoms with Crippen molar-refractivity contribution < 1.29 is 9.21 Å². The largest absolute Gasteiger partial charge is 0.451 e. The van der Waals surface area contributed by atoms with Gasteiger partial charge in [-0.2, -0.15) is 0 Å². The third-order valence-electron chi connectivity index (χ3n) is 5.54. The quantitative estimate of drug-likeness (QED) is 0.664. The number of fused-ring (bicyclic) bond motifs is 1. The zero-order valence-corrected chi connectivity index (χ0v) is 17.0. The Morgan fingerprint density at radius 2 is 1.83 bits per heavy atom. The first-order valence-corrected chi connectivity index (χ1v) is 10.2. The van der Waals surface area contributed by atoms with Gasteiger partial charge in [0.2, 0.25) is 0 Å². The second-order valence-corrected chi connectivity index (χ2v) is 7.81. The van der Waals surface area contributed by atoms with E-state index in [0.29, 0.717) is 17.5 Å². The van der Waals surface area contributed by atoms with Crippen molar-refractivity contribution in [3.8, 4) is 0 Å². The number of nitrogens with zero attached hydrogens (tertiary/aromatic N) is 2. The number of aryl methyl sites for hydroxylation is 1. The van der Waals surface area contributed by atoms with E-state index in [9.17, 15) is 9.59 Å². The fourth-order valence-electron chi connectivity index (χ4n) is 3.98. The van der Waals surface area contributed by atoms with Crippen LogP contribution in [0.15, 0.2) is 57.7 Å². The molecule has 4 rings (SSSR count). The zero-order chi connectivity index (χ0) is 20.4. The van der Waals surface area contributed by atoms with Gasteiger partial charge in [-0.3, -0.25) is 9.59 Å². The van der Waals surface area contributed by atoms with Gasteiger partial charge in [0, 0.05) is 38.4 Å². The lowest BCUT2D eigenvalue weighted by Gasteiger charge is -2.31. The van der Waals surface area contributed by atoms with Crippen LogP contribution >= 0.6 is 0 Å². The van der Waals surface area contributed by atoms with Crippen molar-refractivity contribution in [2.24, 2.45) is 0 Å². The lowest BCUT2D eigenvalue weighted by atomic mass is 10.1. The van der Waals surface area contributed by atoms with Gasteiger partial charge in [-0.25, -0.2) is 0 Å². The molecule has 0 unspecified atom stereocenters. The summed E-state index contributed by atoms with van der Waals surface area (Å²) in [5.74, 6) is -0.220. The summed E-state index contributed by atoms with van der Waals surface area (Å²) in [5.41, 5.74) is 3.51. The van der Waals surface area contributed by atoms with Gasteiger partial charge in [-0.1, -0.05) is 29.8 Å². The molecular weight excluding hydrogens is 364 g/mol. The standard InChI is InChI=1S/C24H26N2O3/c1-17-10-11-22-19(14-17)21(27)15-23(29-22)24(28)25(2)16-18-8-4-5-9-20(18)26-12-6-3-7-13-26/h4-5,8-11,14-15H,3,6-7,12-13,16H2,1-2H3. The Morgan fingerprint density at radius 3 is 2.62 bits per heavy atom. The second kappa shape index (κ2) is 8.11. The van der Waals surface area contributed by atoms with E-state index in [4.69, 9.17) is 4.42 Å². The third kappa shape index (κ3) is 4.04. The minimum Gasteiger partial charge on any atom is -0.451 e. The number of anilines is 1. The number of carbonyl (C=O) groups excluding carboxylic acids is 1. The molecule has 1 saturated heterocycles. The predicted octanol–water partition coefficient (Wildman–Crippen LogP) is 4.36. The highest BCUT2D eigenvalue weighted by atomic mass is 16.3. The van der Waals surface area contributed by atoms with Crippen molar-refractivity contribution in [2.45, 2.75) is 32.7 Å². The highest BCUT2D eigenvalue weighted by molar-refractivity contribution is 5.93. The van der Waals surface area contributed by atoms with Gasteiger partial charge in [0.1, 0.15) is 5.58 Å². The maximum absolute atomic E-state index is 13.0. The number of hydrogen-bond acceptors (Lipinski definition) is 4. The van der Waals surface area contributed by atoms with Crippen LogP contribution in [-0.2, 0) is 6.54 Å². The lowest BCUT2D eigenvalue weighted by molar-refractivity contribution is 0.0754. The topological polar surface area (TPSA) is 53.8 Å². The molecule has 150 valence electrons. The summed E-state index contributed by atoms with van der Waals surface area (Å²) in [6.07, 6.45) is 3.67. The first-order chi connectivity index (χ1) is 14.0. The second-order valence-electron chi connectivity index (χ2n) is 7.81. The summed E-state index contributed by atoms with van der Waals surface area (Å²) >= 11 is 0. The SMILES string of the molecule is Cc1ccc2oc(C(=O)N(C)Cc3ccccc3N3CCCCC3)cc(=O)c2c1. The summed E-state index contributed by atoms with van der Waals surface area (Å²) in [4.78, 5) is 29.5. The van der Waals surface area contributed by atoms with Crippen LogP contribution in [0.5, 0.6) is 0 Å². The molecule has 0 radical (unpaired) electrons. The van der Waals surface area contributed by atoms with Gasteiger partial charge < -0.3 is 14.2 Å². The van der Waals surface area contributed by atoms with E-state index in [2.05, 4.69) is 17.0 Å². The fourth-order valence-corrected chi connectivity index (χ4v) is 3.98. The summed E-state index contributed by atoms with van der Waals surface area (Å²) in [6.45, 7) is 4.48. The molecule has 0 spiro atoms. The van der Waals surface area contributed by atoms with E-state index >= 15 is 0 Å². The van der Waals surface area contributed by atoms with Crippen molar-refractivity contribution in [3.63, 3.8) is 0 Å². The highest BCUT2D eigenvalue weighted by Crippen LogP contribution is 2.25. The number of piperidine rings is 1. The fraction of sp³-hybridized carbons (Fsp3) is 0.333. The molecule has 5 heteroatoms. The van der Waals surface area contributed by atoms with Crippen LogP contribution in [0.2, 0.25) is 0 Å². The minimum absolute atomic E-state index is 0.0734. The van der Waals surface area contributed by atoms with Gasteiger partial charge in [-0.05, 0) is 49.9 Å². The summed E-state index contributed by atoms with van der Waals surface area (Å²) < 4.78 is 5.76. The van der Waals surface area contributed by atoms with Crippen LogP contribution in [0.1, 0.15) is 40.9 Å². The molecule has 0 bridgehead atoms. The Morgan fingerprint density at radius 1 is 1.07 bits per heavy atom. The van der Waals surface area contributed by atoms with Crippen molar-refractivity contribution in [1.82, 2.24) is 4.90 Å². The van der Waals surface area contributed by atoms with E-state index < -0.39 is 0 Å². The molecule has 0 atom stereocenters. The smallest absolute Gasteiger partial charge is 0.289 e. The molecule has 0 saturated carbocycles. The summed E-state index contributed by atoms with van der Waals surface area (Å²) in [5, 5.41) is 0.500. The Balaban J connectivity index is 1.59. The molecule has 1 amide bonds. The van der Waals surface area contributed by atoms with E-state index in [0.717, 1.165) is 24.2 Å². The van der Waals surface area contributed by atoms with Crippen molar-refractivity contribution in [3.05, 3.63) is 75.6 Å². The molecule has 0 aliphatic carbocycles. The highest BCUT2D eigenvalue weighted by Gasteiger charge is 2.20. The number of carbonyl (C=O) groups is 1. The molecule has 1 aliphatic rings. The average Bonchev–Trinajstić information content (AvgIpc) is 2.74. The Kier molecular flexibility index (Phi) is 5.38. The van der Waals surface area contributed by atoms with Crippen molar-refractivity contribution >= 4 is 22.6 Å². The molecule has 1 aliphatic heterocycles. The normalized spacial score (nSPS) is 14.2. The van der Waals surface area contributed by atoms with Gasteiger partial charge in [0.15, 0.2) is 11.2 Å².